The minimum absolute atomic E-state index is 0.0199. The van der Waals surface area contributed by atoms with E-state index in [2.05, 4.69) is 112 Å². The van der Waals surface area contributed by atoms with Crippen LogP contribution in [0.5, 0.6) is 0 Å². The topological polar surface area (TPSA) is 1040 Å². The summed E-state index contributed by atoms with van der Waals surface area (Å²) in [7, 11) is 0. The summed E-state index contributed by atoms with van der Waals surface area (Å²) in [5.74, 6) is -23.7. The van der Waals surface area contributed by atoms with Gasteiger partial charge in [-0.2, -0.15) is 0 Å². The quantitative estimate of drug-likeness (QED) is 0.0153. The van der Waals surface area contributed by atoms with E-state index < -0.39 is 296 Å². The van der Waals surface area contributed by atoms with Crippen LogP contribution in [-0.2, 0) is 105 Å². The number of primary amides is 2. The predicted molar refractivity (Wildman–Crippen MR) is 530 cm³/mol. The molecular weight excluding hydrogens is 1950 g/mol. The number of hydrogen-bond donors (Lipinski definition) is 38. The first-order valence-corrected chi connectivity index (χ1v) is 48.8. The second kappa shape index (κ2) is 71.4. The van der Waals surface area contributed by atoms with Crippen LogP contribution in [0.1, 0.15) is 203 Å². The van der Waals surface area contributed by atoms with Crippen LogP contribution in [0.25, 0.3) is 0 Å². The van der Waals surface area contributed by atoms with Crippen LogP contribution in [0, 0.1) is 16.2 Å². The highest BCUT2D eigenvalue weighted by Crippen LogP contribution is 2.21. The molecule has 0 aromatic rings. The van der Waals surface area contributed by atoms with Crippen molar-refractivity contribution in [3.05, 3.63) is 0 Å². The molecule has 1 saturated heterocycles. The van der Waals surface area contributed by atoms with E-state index in [0.717, 1.165) is 32.6 Å². The molecule has 20 unspecified atom stereocenters. The minimum Gasteiger partial charge on any atom is -0.480 e. The average Bonchev–Trinajstić information content (AvgIpc) is 1.52. The Kier molecular flexibility index (Phi) is 63.6. The van der Waals surface area contributed by atoms with Gasteiger partial charge in [-0.3, -0.25) is 117 Å². The molecule has 1 heterocycles. The molecule has 20 atom stereocenters. The molecule has 1 aliphatic heterocycles. The van der Waals surface area contributed by atoms with Crippen molar-refractivity contribution in [1.82, 2.24) is 117 Å². The van der Waals surface area contributed by atoms with Crippen molar-refractivity contribution in [2.75, 3.05) is 72.1 Å². The molecular formula is C87H158N34O27. The Bertz CT molecular complexity index is 4440. The van der Waals surface area contributed by atoms with Crippen molar-refractivity contribution in [2.24, 2.45) is 51.6 Å². The lowest BCUT2D eigenvalue weighted by Crippen LogP contribution is -2.62. The number of aliphatic hydroxyl groups excluding tert-OH is 4. The lowest BCUT2D eigenvalue weighted by atomic mass is 10.0. The van der Waals surface area contributed by atoms with Crippen molar-refractivity contribution in [2.45, 2.75) is 324 Å². The number of nitrogens with two attached hydrogens (primary N) is 9. The number of hydrogen-bond acceptors (Lipinski definition) is 33. The molecule has 148 heavy (non-hydrogen) atoms. The van der Waals surface area contributed by atoms with Gasteiger partial charge in [-0.15, -0.1) is 0 Å². The van der Waals surface area contributed by atoms with E-state index in [-0.39, 0.29) is 193 Å². The second-order valence-electron chi connectivity index (χ2n) is 35.6. The molecule has 61 nitrogen and oxygen atoms in total. The summed E-state index contributed by atoms with van der Waals surface area (Å²) in [6.07, 6.45) is -5.87. The van der Waals surface area contributed by atoms with Gasteiger partial charge in [-0.05, 0) is 202 Å². The number of carboxylic acids is 1. The molecule has 1 rings (SSSR count). The molecule has 1 fully saturated rings. The summed E-state index contributed by atoms with van der Waals surface area (Å²) in [4.78, 5) is 299. The van der Waals surface area contributed by atoms with Gasteiger partial charge in [0.05, 0.1) is 44.1 Å². The number of nitrogens with zero attached hydrogens (tertiary/aromatic N) is 1. The van der Waals surface area contributed by atoms with Gasteiger partial charge in [0.15, 0.2) is 17.9 Å². The molecule has 0 aromatic heterocycles. The van der Waals surface area contributed by atoms with Gasteiger partial charge in [-0.25, -0.2) is 4.79 Å². The molecule has 47 N–H and O–H groups in total. The Morgan fingerprint density at radius 3 is 1.03 bits per heavy atom. The van der Waals surface area contributed by atoms with Gasteiger partial charge in [-0.1, -0.05) is 0 Å². The number of nitrogens with one attached hydrogen (secondary N) is 24. The average molecular weight is 2110 g/mol. The number of aliphatic carboxylic acids is 1. The van der Waals surface area contributed by atoms with Crippen molar-refractivity contribution in [3.8, 4) is 0 Å². The van der Waals surface area contributed by atoms with Crippen LogP contribution in [0.15, 0.2) is 0 Å². The fourth-order valence-electron chi connectivity index (χ4n) is 14.5. The molecule has 0 aliphatic carbocycles. The van der Waals surface area contributed by atoms with Crippen molar-refractivity contribution < 1.29 is 131 Å². The Labute approximate surface area is 855 Å². The zero-order valence-electron chi connectivity index (χ0n) is 84.7. The summed E-state index contributed by atoms with van der Waals surface area (Å²) in [6.45, 7) is 5.78. The molecule has 0 radical (unpaired) electrons. The van der Waals surface area contributed by atoms with Crippen LogP contribution in [0.4, 0.5) is 0 Å². The molecule has 1 aliphatic rings. The number of carbonyl (C=O) groups excluding carboxylic acids is 21. The number of aliphatic hydroxyl groups is 4. The highest BCUT2D eigenvalue weighted by atomic mass is 16.4. The van der Waals surface area contributed by atoms with E-state index in [1.165, 1.54) is 20.8 Å². The van der Waals surface area contributed by atoms with Gasteiger partial charge in [0.1, 0.15) is 96.7 Å². The second-order valence-corrected chi connectivity index (χ2v) is 35.6. The Morgan fingerprint density at radius 2 is 0.642 bits per heavy atom. The standard InChI is InChI=1S/C87H158N34O27/c1-43(91)68(131)109-56(26-18-38-103-87(98)99)76(139)120-67(48(6)125)82(145)115-53(22-10-14-34-90)71(134)113-57(28-30-61(92)127)77(140)119-66(47(5)124)81(144)106-44(2)69(132)110-54(24-16-36-101-85(94)95)72(135)112-52(21-9-13-33-89)75(138)117-59(42-122)78(141)118-65(46(4)123)80(143)105-40-63(129)104-41-64(130)108-50(23-11-15-35-100-49(7)126)70(133)107-45(3)83(146)121-39-19-27-60(121)79(142)114-55(25-17-37-102-86(96)97)73(136)111-51(20-8-12-32-88)74(137)116-58(84(147)148)29-31-62(93)128/h43-48,50-60,65-67,122-125H,8-42,88-91H2,1-7H3,(H2,92,127)(H2,93,128)(H,100,126)(H,104,129)(H,105,143)(H,106,144)(H,107,133)(H,108,130)(H,109,131)(H,110,132)(H,111,136)(H,112,135)(H,113,134)(H,114,142)(H,115,145)(H,116,137)(H,117,138)(H,118,141)(H,119,140)(H,120,139)(H,147,148)(H4,94,95,101)(H4,96,97,102)(H4,98,99,103). The number of guanidine groups is 3. The Hall–Kier alpha value is -14.2. The molecule has 0 aromatic carbocycles. The lowest BCUT2D eigenvalue weighted by Gasteiger charge is -2.30. The van der Waals surface area contributed by atoms with Crippen LogP contribution >= 0.6 is 0 Å². The molecule has 0 spiro atoms. The summed E-state index contributed by atoms with van der Waals surface area (Å²) in [5, 5.41) is 126. The fourth-order valence-corrected chi connectivity index (χ4v) is 14.5. The van der Waals surface area contributed by atoms with E-state index >= 15 is 0 Å². The Morgan fingerprint density at radius 1 is 0.331 bits per heavy atom. The van der Waals surface area contributed by atoms with E-state index in [9.17, 15) is 131 Å². The summed E-state index contributed by atoms with van der Waals surface area (Å²) in [5.41, 5.74) is 49.8. The monoisotopic (exact) mass is 2110 g/mol. The molecule has 0 bridgehead atoms. The highest BCUT2D eigenvalue weighted by Gasteiger charge is 2.43. The van der Waals surface area contributed by atoms with E-state index in [4.69, 9.17) is 67.8 Å². The van der Waals surface area contributed by atoms with Gasteiger partial charge in [0.25, 0.3) is 0 Å². The zero-order valence-corrected chi connectivity index (χ0v) is 84.7. The fraction of sp³-hybridized carbons (Fsp3) is 0.713. The third-order valence-corrected chi connectivity index (χ3v) is 22.8. The number of carboxylic acid groups (broad SMARTS) is 1. The molecule has 838 valence electrons. The van der Waals surface area contributed by atoms with Crippen molar-refractivity contribution in [1.29, 1.82) is 16.2 Å². The smallest absolute Gasteiger partial charge is 0.326 e. The van der Waals surface area contributed by atoms with Crippen LogP contribution in [0.2, 0.25) is 0 Å². The number of carbonyl (C=O) groups is 22. The van der Waals surface area contributed by atoms with Crippen LogP contribution in [-0.4, -0.2) is 371 Å². The highest BCUT2D eigenvalue weighted by molar-refractivity contribution is 6.02. The van der Waals surface area contributed by atoms with E-state index in [1.54, 1.807) is 0 Å². The van der Waals surface area contributed by atoms with Crippen molar-refractivity contribution in [3.63, 3.8) is 0 Å². The first-order chi connectivity index (χ1) is 69.6. The zero-order chi connectivity index (χ0) is 112. The maximum Gasteiger partial charge on any atom is 0.326 e. The minimum atomic E-state index is -1.98. The summed E-state index contributed by atoms with van der Waals surface area (Å²) < 4.78 is 0. The SMILES string of the molecule is CC(=O)NCCCCC(NC(=O)CNC(=O)CNC(=O)C(NC(=O)C(CO)NC(=O)C(CCCCN)NC(=O)C(CCCNC(=N)N)NC(=O)C(C)NC(=O)C(NC(=O)C(CCC(N)=O)NC(=O)C(CCCCN)NC(=O)C(NC(=O)C(CCCNC(=N)N)NC(=O)C(C)N)C(C)O)C(C)O)C(C)O)C(=O)NC(C)C(=O)N1CCCC1C(=O)NC(CCCNC(=N)N)C(=O)NC(CCCCN)C(=O)NC(CCC(N)=O)C(=O)O. The first kappa shape index (κ1) is 132. The number of amides is 21. The third kappa shape index (κ3) is 53.3. The summed E-state index contributed by atoms with van der Waals surface area (Å²) in [6, 6.07) is -26.9. The summed E-state index contributed by atoms with van der Waals surface area (Å²) >= 11 is 0. The van der Waals surface area contributed by atoms with Crippen LogP contribution < -0.4 is 163 Å². The molecule has 0 saturated carbocycles. The number of rotatable bonds is 75. The third-order valence-electron chi connectivity index (χ3n) is 22.8. The van der Waals surface area contributed by atoms with E-state index in [1.807, 2.05) is 0 Å². The first-order valence-electron chi connectivity index (χ1n) is 48.8. The Balaban J connectivity index is 3.46. The van der Waals surface area contributed by atoms with E-state index in [0.29, 0.717) is 6.42 Å². The maximum atomic E-state index is 14.4. The lowest BCUT2D eigenvalue weighted by molar-refractivity contribution is -0.143. The molecule has 21 amide bonds. The van der Waals surface area contributed by atoms with Gasteiger partial charge in [0, 0.05) is 52.5 Å². The largest absolute Gasteiger partial charge is 0.480 e. The number of unbranched alkanes of at least 4 members (excludes halogenated alkanes) is 4. The molecule has 61 heteroatoms. The van der Waals surface area contributed by atoms with Crippen LogP contribution in [0.3, 0.4) is 0 Å². The normalized spacial score (nSPS) is 15.9. The van der Waals surface area contributed by atoms with Gasteiger partial charge in [0.2, 0.25) is 124 Å². The maximum absolute atomic E-state index is 14.4. The van der Waals surface area contributed by atoms with Gasteiger partial charge >= 0.3 is 5.97 Å². The number of likely N-dealkylation sites (tertiary alicyclic amines) is 1. The predicted octanol–water partition coefficient (Wildman–Crippen LogP) is -15.9. The van der Waals surface area contributed by atoms with Crippen molar-refractivity contribution >= 4 is 148 Å². The van der Waals surface area contributed by atoms with Gasteiger partial charge < -0.3 is 194 Å².